The first-order valence-electron chi connectivity index (χ1n) is 6.89. The van der Waals surface area contributed by atoms with Crippen molar-refractivity contribution in [1.29, 1.82) is 0 Å². The molecule has 3 nitrogen and oxygen atoms in total. The van der Waals surface area contributed by atoms with Gasteiger partial charge in [-0.3, -0.25) is 4.79 Å². The number of rotatable bonds is 7. The summed E-state index contributed by atoms with van der Waals surface area (Å²) in [6, 6.07) is 3.25. The van der Waals surface area contributed by atoms with Gasteiger partial charge in [0.2, 0.25) is 5.91 Å². The third-order valence-corrected chi connectivity index (χ3v) is 3.68. The molecule has 1 aromatic rings. The Morgan fingerprint density at radius 2 is 1.95 bits per heavy atom. The molecule has 0 fully saturated rings. The fraction of sp³-hybridized carbons (Fsp3) is 0.533. The van der Waals surface area contributed by atoms with Crippen molar-refractivity contribution in [3.63, 3.8) is 0 Å². The van der Waals surface area contributed by atoms with E-state index < -0.39 is 17.2 Å². The Bertz CT molecular complexity index is 459. The van der Waals surface area contributed by atoms with E-state index in [1.807, 2.05) is 13.8 Å². The molecule has 1 aromatic carbocycles. The van der Waals surface area contributed by atoms with Gasteiger partial charge in [-0.1, -0.05) is 13.8 Å². The van der Waals surface area contributed by atoms with Gasteiger partial charge in [0, 0.05) is 18.5 Å². The summed E-state index contributed by atoms with van der Waals surface area (Å²) in [5, 5.41) is 2.75. The molecule has 0 aliphatic rings. The van der Waals surface area contributed by atoms with Crippen LogP contribution in [0.4, 0.5) is 8.78 Å². The molecule has 0 aromatic heterocycles. The van der Waals surface area contributed by atoms with E-state index in [4.69, 9.17) is 5.73 Å². The number of amides is 1. The molecule has 0 bridgehead atoms. The lowest BCUT2D eigenvalue weighted by Crippen LogP contribution is -2.49. The normalized spacial score (nSPS) is 11.4. The van der Waals surface area contributed by atoms with Gasteiger partial charge in [0.15, 0.2) is 0 Å². The molecule has 0 spiro atoms. The van der Waals surface area contributed by atoms with Gasteiger partial charge in [-0.15, -0.1) is 0 Å². The van der Waals surface area contributed by atoms with Crippen molar-refractivity contribution in [1.82, 2.24) is 5.32 Å². The van der Waals surface area contributed by atoms with Crippen LogP contribution in [-0.2, 0) is 11.2 Å². The van der Waals surface area contributed by atoms with E-state index in [1.54, 1.807) is 0 Å². The third-order valence-electron chi connectivity index (χ3n) is 3.68. The highest BCUT2D eigenvalue weighted by molar-refractivity contribution is 5.76. The van der Waals surface area contributed by atoms with Crippen LogP contribution in [0.25, 0.3) is 0 Å². The van der Waals surface area contributed by atoms with Crippen molar-refractivity contribution in [3.8, 4) is 0 Å². The van der Waals surface area contributed by atoms with E-state index in [9.17, 15) is 13.6 Å². The van der Waals surface area contributed by atoms with Gasteiger partial charge in [0.1, 0.15) is 11.6 Å². The largest absolute Gasteiger partial charge is 0.354 e. The standard InChI is InChI=1S/C15H22F2N2O/c1-3-15(18,4-2)10-19-14(20)8-5-11-9-12(16)6-7-13(11)17/h6-7,9H,3-5,8,10,18H2,1-2H3,(H,19,20). The maximum Gasteiger partial charge on any atom is 0.220 e. The Labute approximate surface area is 118 Å². The molecule has 0 aliphatic carbocycles. The molecule has 5 heteroatoms. The Morgan fingerprint density at radius 3 is 2.55 bits per heavy atom. The zero-order chi connectivity index (χ0) is 15.2. The minimum Gasteiger partial charge on any atom is -0.354 e. The van der Waals surface area contributed by atoms with Crippen molar-refractivity contribution in [3.05, 3.63) is 35.4 Å². The first-order valence-corrected chi connectivity index (χ1v) is 6.89. The second kappa shape index (κ2) is 7.33. The second-order valence-corrected chi connectivity index (χ2v) is 5.08. The summed E-state index contributed by atoms with van der Waals surface area (Å²) >= 11 is 0. The summed E-state index contributed by atoms with van der Waals surface area (Å²) < 4.78 is 26.4. The minimum atomic E-state index is -0.500. The molecule has 112 valence electrons. The van der Waals surface area contributed by atoms with Gasteiger partial charge >= 0.3 is 0 Å². The average molecular weight is 284 g/mol. The van der Waals surface area contributed by atoms with Crippen molar-refractivity contribution in [2.75, 3.05) is 6.54 Å². The summed E-state index contributed by atoms with van der Waals surface area (Å²) in [7, 11) is 0. The first kappa shape index (κ1) is 16.6. The average Bonchev–Trinajstić information content (AvgIpc) is 2.45. The number of halogens is 2. The summed E-state index contributed by atoms with van der Waals surface area (Å²) in [6.07, 6.45) is 1.82. The lowest BCUT2D eigenvalue weighted by molar-refractivity contribution is -0.121. The minimum absolute atomic E-state index is 0.115. The smallest absolute Gasteiger partial charge is 0.220 e. The summed E-state index contributed by atoms with van der Waals surface area (Å²) in [5.74, 6) is -1.19. The van der Waals surface area contributed by atoms with E-state index in [0.29, 0.717) is 6.54 Å². The Kier molecular flexibility index (Phi) is 6.07. The van der Waals surface area contributed by atoms with Crippen LogP contribution in [0.5, 0.6) is 0 Å². The van der Waals surface area contributed by atoms with Crippen LogP contribution in [0.3, 0.4) is 0 Å². The van der Waals surface area contributed by atoms with Crippen LogP contribution < -0.4 is 11.1 Å². The van der Waals surface area contributed by atoms with E-state index >= 15 is 0 Å². The molecule has 1 rings (SSSR count). The molecular formula is C15H22F2N2O. The molecule has 3 N–H and O–H groups in total. The van der Waals surface area contributed by atoms with Crippen molar-refractivity contribution in [2.45, 2.75) is 45.1 Å². The third kappa shape index (κ3) is 4.89. The predicted octanol–water partition coefficient (Wildman–Crippen LogP) is 2.53. The van der Waals surface area contributed by atoms with Crippen molar-refractivity contribution >= 4 is 5.91 Å². The Morgan fingerprint density at radius 1 is 1.30 bits per heavy atom. The molecule has 0 aliphatic heterocycles. The summed E-state index contributed by atoms with van der Waals surface area (Å²) in [5.41, 5.74) is 5.88. The maximum atomic E-state index is 13.4. The van der Waals surface area contributed by atoms with Crippen LogP contribution in [0, 0.1) is 11.6 Å². The molecule has 20 heavy (non-hydrogen) atoms. The lowest BCUT2D eigenvalue weighted by Gasteiger charge is -2.26. The second-order valence-electron chi connectivity index (χ2n) is 5.08. The number of nitrogens with two attached hydrogens (primary N) is 1. The molecule has 0 radical (unpaired) electrons. The zero-order valence-electron chi connectivity index (χ0n) is 12.0. The van der Waals surface area contributed by atoms with Crippen LogP contribution in [0.2, 0.25) is 0 Å². The summed E-state index contributed by atoms with van der Waals surface area (Å²) in [6.45, 7) is 4.33. The number of hydrogen-bond acceptors (Lipinski definition) is 2. The van der Waals surface area contributed by atoms with Gasteiger partial charge in [0.25, 0.3) is 0 Å². The highest BCUT2D eigenvalue weighted by Crippen LogP contribution is 2.12. The first-order chi connectivity index (χ1) is 9.40. The molecule has 0 atom stereocenters. The molecule has 0 saturated carbocycles. The van der Waals surface area contributed by atoms with Gasteiger partial charge in [-0.2, -0.15) is 0 Å². The van der Waals surface area contributed by atoms with E-state index in [-0.39, 0.29) is 24.3 Å². The van der Waals surface area contributed by atoms with Gasteiger partial charge in [-0.25, -0.2) is 8.78 Å². The predicted molar refractivity (Wildman–Crippen MR) is 75.2 cm³/mol. The van der Waals surface area contributed by atoms with Gasteiger partial charge in [-0.05, 0) is 43.0 Å². The van der Waals surface area contributed by atoms with E-state index in [0.717, 1.165) is 31.0 Å². The van der Waals surface area contributed by atoms with Crippen LogP contribution in [0.15, 0.2) is 18.2 Å². The molecule has 0 heterocycles. The van der Waals surface area contributed by atoms with Gasteiger partial charge in [0.05, 0.1) is 0 Å². The van der Waals surface area contributed by atoms with E-state index in [2.05, 4.69) is 5.32 Å². The zero-order valence-corrected chi connectivity index (χ0v) is 12.0. The molecule has 0 unspecified atom stereocenters. The Hall–Kier alpha value is -1.49. The monoisotopic (exact) mass is 284 g/mol. The number of nitrogens with one attached hydrogen (secondary N) is 1. The highest BCUT2D eigenvalue weighted by atomic mass is 19.1. The highest BCUT2D eigenvalue weighted by Gasteiger charge is 2.20. The van der Waals surface area contributed by atoms with E-state index in [1.165, 1.54) is 0 Å². The van der Waals surface area contributed by atoms with Crippen molar-refractivity contribution in [2.24, 2.45) is 5.73 Å². The van der Waals surface area contributed by atoms with Crippen LogP contribution >= 0.6 is 0 Å². The van der Waals surface area contributed by atoms with Gasteiger partial charge < -0.3 is 11.1 Å². The Balaban J connectivity index is 2.46. The molecular weight excluding hydrogens is 262 g/mol. The molecule has 0 saturated heterocycles. The van der Waals surface area contributed by atoms with Crippen molar-refractivity contribution < 1.29 is 13.6 Å². The SMILES string of the molecule is CCC(N)(CC)CNC(=O)CCc1cc(F)ccc1F. The maximum absolute atomic E-state index is 13.4. The van der Waals surface area contributed by atoms with Crippen LogP contribution in [-0.4, -0.2) is 18.0 Å². The lowest BCUT2D eigenvalue weighted by atomic mass is 9.94. The van der Waals surface area contributed by atoms with Crippen LogP contribution in [0.1, 0.15) is 38.7 Å². The number of benzene rings is 1. The fourth-order valence-electron chi connectivity index (χ4n) is 1.85. The number of hydrogen-bond donors (Lipinski definition) is 2. The fourth-order valence-corrected chi connectivity index (χ4v) is 1.85. The molecule has 1 amide bonds. The number of aryl methyl sites for hydroxylation is 1. The summed E-state index contributed by atoms with van der Waals surface area (Å²) in [4.78, 5) is 11.7. The topological polar surface area (TPSA) is 55.1 Å². The number of carbonyl (C=O) groups excluding carboxylic acids is 1. The quantitative estimate of drug-likeness (QED) is 0.808. The number of carbonyl (C=O) groups is 1.